The molecule has 0 bridgehead atoms. The molecule has 0 aliphatic heterocycles. The largest absolute Gasteiger partial charge is 0.448 e. The van der Waals surface area contributed by atoms with Crippen molar-refractivity contribution < 1.29 is 9.53 Å². The van der Waals surface area contributed by atoms with Gasteiger partial charge in [-0.15, -0.1) is 12.4 Å². The fraction of sp³-hybridized carbons (Fsp3) is 0.235. The standard InChI is InChI=1S/C17H19ClN2O2.ClH/c1-20(13-14-5-3-2-4-6-14)11-12-22-17(21)19-16-9-7-15(18)8-10-16;/h2-10H,11-13H2,1H3,(H,19,21);1H. The zero-order chi connectivity index (χ0) is 15.8. The van der Waals surface area contributed by atoms with Crippen molar-refractivity contribution in [2.75, 3.05) is 25.5 Å². The smallest absolute Gasteiger partial charge is 0.411 e. The van der Waals surface area contributed by atoms with Crippen LogP contribution in [0.15, 0.2) is 54.6 Å². The molecule has 2 aromatic rings. The van der Waals surface area contributed by atoms with Gasteiger partial charge in [0.25, 0.3) is 0 Å². The number of carbonyl (C=O) groups is 1. The van der Waals surface area contributed by atoms with Crippen molar-refractivity contribution in [2.45, 2.75) is 6.54 Å². The lowest BCUT2D eigenvalue weighted by atomic mass is 10.2. The number of anilines is 1. The summed E-state index contributed by atoms with van der Waals surface area (Å²) in [5.74, 6) is 0. The van der Waals surface area contributed by atoms with Crippen LogP contribution in [0.3, 0.4) is 0 Å². The Balaban J connectivity index is 0.00000264. The summed E-state index contributed by atoms with van der Waals surface area (Å²) >= 11 is 5.78. The molecule has 1 N–H and O–H groups in total. The van der Waals surface area contributed by atoms with Gasteiger partial charge in [0.2, 0.25) is 0 Å². The third-order valence-corrected chi connectivity index (χ3v) is 3.34. The molecule has 0 saturated heterocycles. The quantitative estimate of drug-likeness (QED) is 0.833. The van der Waals surface area contributed by atoms with Crippen molar-refractivity contribution in [3.63, 3.8) is 0 Å². The van der Waals surface area contributed by atoms with Gasteiger partial charge in [-0.2, -0.15) is 0 Å². The third-order valence-electron chi connectivity index (χ3n) is 3.09. The van der Waals surface area contributed by atoms with Crippen LogP contribution >= 0.6 is 24.0 Å². The summed E-state index contributed by atoms with van der Waals surface area (Å²) in [6.07, 6.45) is -0.463. The van der Waals surface area contributed by atoms with E-state index in [9.17, 15) is 4.79 Å². The van der Waals surface area contributed by atoms with Crippen LogP contribution in [-0.4, -0.2) is 31.2 Å². The summed E-state index contributed by atoms with van der Waals surface area (Å²) < 4.78 is 5.16. The molecule has 0 aromatic heterocycles. The van der Waals surface area contributed by atoms with E-state index in [1.807, 2.05) is 25.2 Å². The van der Waals surface area contributed by atoms with E-state index in [-0.39, 0.29) is 12.4 Å². The summed E-state index contributed by atoms with van der Waals surface area (Å²) in [7, 11) is 1.99. The van der Waals surface area contributed by atoms with Crippen LogP contribution in [0.1, 0.15) is 5.56 Å². The lowest BCUT2D eigenvalue weighted by Gasteiger charge is -2.16. The van der Waals surface area contributed by atoms with E-state index in [2.05, 4.69) is 22.3 Å². The SMILES string of the molecule is CN(CCOC(=O)Nc1ccc(Cl)cc1)Cc1ccccc1.Cl. The average Bonchev–Trinajstić information content (AvgIpc) is 2.50. The molecular formula is C17H20Cl2N2O2. The topological polar surface area (TPSA) is 41.6 Å². The monoisotopic (exact) mass is 354 g/mol. The summed E-state index contributed by atoms with van der Waals surface area (Å²) in [6.45, 7) is 1.83. The molecule has 0 fully saturated rings. The van der Waals surface area contributed by atoms with Gasteiger partial charge in [0.1, 0.15) is 6.61 Å². The molecule has 2 aromatic carbocycles. The second-order valence-electron chi connectivity index (χ2n) is 4.99. The number of likely N-dealkylation sites (N-methyl/N-ethyl adjacent to an activating group) is 1. The van der Waals surface area contributed by atoms with Crippen LogP contribution in [0.4, 0.5) is 10.5 Å². The number of halogens is 2. The highest BCUT2D eigenvalue weighted by molar-refractivity contribution is 6.30. The minimum atomic E-state index is -0.463. The van der Waals surface area contributed by atoms with Crippen LogP contribution < -0.4 is 5.32 Å². The van der Waals surface area contributed by atoms with Crippen LogP contribution in [0.25, 0.3) is 0 Å². The van der Waals surface area contributed by atoms with Gasteiger partial charge in [-0.25, -0.2) is 4.79 Å². The number of ether oxygens (including phenoxy) is 1. The maximum Gasteiger partial charge on any atom is 0.411 e. The maximum atomic E-state index is 11.7. The molecule has 0 saturated carbocycles. The third kappa shape index (κ3) is 7.37. The van der Waals surface area contributed by atoms with Gasteiger partial charge in [-0.3, -0.25) is 10.2 Å². The molecule has 0 aliphatic carbocycles. The fourth-order valence-corrected chi connectivity index (χ4v) is 2.08. The van der Waals surface area contributed by atoms with Crippen molar-refractivity contribution >= 4 is 35.8 Å². The number of nitrogens with zero attached hydrogens (tertiary/aromatic N) is 1. The fourth-order valence-electron chi connectivity index (χ4n) is 1.96. The Bertz CT molecular complexity index is 591. The Hall–Kier alpha value is -1.75. The molecule has 0 unspecified atom stereocenters. The number of benzene rings is 2. The normalized spacial score (nSPS) is 10.0. The summed E-state index contributed by atoms with van der Waals surface area (Å²) in [4.78, 5) is 13.8. The van der Waals surface area contributed by atoms with Crippen LogP contribution in [0.5, 0.6) is 0 Å². The molecule has 1 amide bonds. The van der Waals surface area contributed by atoms with E-state index >= 15 is 0 Å². The Kier molecular flexibility index (Phi) is 8.48. The second-order valence-corrected chi connectivity index (χ2v) is 5.43. The summed E-state index contributed by atoms with van der Waals surface area (Å²) in [5.41, 5.74) is 1.89. The van der Waals surface area contributed by atoms with E-state index in [4.69, 9.17) is 16.3 Å². The molecule has 124 valence electrons. The van der Waals surface area contributed by atoms with Crippen molar-refractivity contribution in [3.05, 3.63) is 65.2 Å². The Morgan fingerprint density at radius 1 is 1.13 bits per heavy atom. The van der Waals surface area contributed by atoms with Crippen LogP contribution in [-0.2, 0) is 11.3 Å². The van der Waals surface area contributed by atoms with Gasteiger partial charge in [0, 0.05) is 23.8 Å². The molecule has 0 radical (unpaired) electrons. The first-order chi connectivity index (χ1) is 10.6. The molecule has 2 rings (SSSR count). The first kappa shape index (κ1) is 19.3. The number of amides is 1. The van der Waals surface area contributed by atoms with Gasteiger partial charge in [0.05, 0.1) is 0 Å². The Morgan fingerprint density at radius 3 is 2.43 bits per heavy atom. The average molecular weight is 355 g/mol. The zero-order valence-electron chi connectivity index (χ0n) is 12.9. The van der Waals surface area contributed by atoms with Crippen LogP contribution in [0, 0.1) is 0 Å². The molecule has 0 heterocycles. The second kappa shape index (κ2) is 10.1. The minimum Gasteiger partial charge on any atom is -0.448 e. The lowest BCUT2D eigenvalue weighted by Crippen LogP contribution is -2.25. The minimum absolute atomic E-state index is 0. The molecule has 6 heteroatoms. The van der Waals surface area contributed by atoms with Gasteiger partial charge >= 0.3 is 6.09 Å². The number of hydrogen-bond acceptors (Lipinski definition) is 3. The number of nitrogens with one attached hydrogen (secondary N) is 1. The predicted molar refractivity (Wildman–Crippen MR) is 96.4 cm³/mol. The number of rotatable bonds is 6. The van der Waals surface area contributed by atoms with Crippen molar-refractivity contribution in [1.29, 1.82) is 0 Å². The molecular weight excluding hydrogens is 335 g/mol. The highest BCUT2D eigenvalue weighted by atomic mass is 35.5. The highest BCUT2D eigenvalue weighted by Crippen LogP contribution is 2.13. The lowest BCUT2D eigenvalue weighted by molar-refractivity contribution is 0.145. The van der Waals surface area contributed by atoms with E-state index in [1.165, 1.54) is 5.56 Å². The van der Waals surface area contributed by atoms with Crippen molar-refractivity contribution in [1.82, 2.24) is 4.90 Å². The molecule has 0 atom stereocenters. The van der Waals surface area contributed by atoms with Gasteiger partial charge < -0.3 is 4.74 Å². The Morgan fingerprint density at radius 2 is 1.78 bits per heavy atom. The van der Waals surface area contributed by atoms with Gasteiger partial charge in [-0.1, -0.05) is 41.9 Å². The van der Waals surface area contributed by atoms with Gasteiger partial charge in [0.15, 0.2) is 0 Å². The zero-order valence-corrected chi connectivity index (χ0v) is 14.4. The summed E-state index contributed by atoms with van der Waals surface area (Å²) in [5, 5.41) is 3.28. The first-order valence-electron chi connectivity index (χ1n) is 7.05. The van der Waals surface area contributed by atoms with E-state index in [0.29, 0.717) is 23.9 Å². The van der Waals surface area contributed by atoms with Crippen molar-refractivity contribution in [3.8, 4) is 0 Å². The number of hydrogen-bond donors (Lipinski definition) is 1. The number of carbonyl (C=O) groups excluding carboxylic acids is 1. The summed E-state index contributed by atoms with van der Waals surface area (Å²) in [6, 6.07) is 17.0. The molecule has 0 spiro atoms. The first-order valence-corrected chi connectivity index (χ1v) is 7.43. The van der Waals surface area contributed by atoms with E-state index < -0.39 is 6.09 Å². The molecule has 0 aliphatic rings. The van der Waals surface area contributed by atoms with E-state index in [0.717, 1.165) is 6.54 Å². The van der Waals surface area contributed by atoms with Crippen molar-refractivity contribution in [2.24, 2.45) is 0 Å². The Labute approximate surface area is 147 Å². The van der Waals surface area contributed by atoms with E-state index in [1.54, 1.807) is 24.3 Å². The van der Waals surface area contributed by atoms with Crippen LogP contribution in [0.2, 0.25) is 5.02 Å². The molecule has 23 heavy (non-hydrogen) atoms. The maximum absolute atomic E-state index is 11.7. The van der Waals surface area contributed by atoms with Gasteiger partial charge in [-0.05, 0) is 36.9 Å². The predicted octanol–water partition coefficient (Wildman–Crippen LogP) is 4.44. The molecule has 4 nitrogen and oxygen atoms in total. The highest BCUT2D eigenvalue weighted by Gasteiger charge is 2.05.